The quantitative estimate of drug-likeness (QED) is 0.662. The molecule has 0 saturated carbocycles. The summed E-state index contributed by atoms with van der Waals surface area (Å²) in [5, 5.41) is 10.9. The van der Waals surface area contributed by atoms with Crippen LogP contribution in [-0.2, 0) is 4.79 Å². The van der Waals surface area contributed by atoms with E-state index in [-0.39, 0.29) is 11.2 Å². The Balaban J connectivity index is 2.03. The van der Waals surface area contributed by atoms with Gasteiger partial charge in [-0.15, -0.1) is 10.2 Å². The number of rotatable bonds is 4. The van der Waals surface area contributed by atoms with Crippen LogP contribution in [0.2, 0.25) is 0 Å². The van der Waals surface area contributed by atoms with Crippen LogP contribution in [0.4, 0.5) is 5.69 Å². The molecule has 3 N–H and O–H groups in total. The first-order valence-electron chi connectivity index (χ1n) is 6.19. The van der Waals surface area contributed by atoms with Crippen LogP contribution in [-0.4, -0.2) is 26.0 Å². The van der Waals surface area contributed by atoms with Crippen molar-refractivity contribution in [2.75, 3.05) is 11.2 Å². The first kappa shape index (κ1) is 14.4. The summed E-state index contributed by atoms with van der Waals surface area (Å²) >= 11 is 1.28. The topological polar surface area (TPSA) is 85.8 Å². The summed E-state index contributed by atoms with van der Waals surface area (Å²) in [6.45, 7) is 5.52. The Morgan fingerprint density at radius 2 is 2.05 bits per heavy atom. The molecule has 0 spiro atoms. The minimum Gasteiger partial charge on any atom is -0.336 e. The summed E-state index contributed by atoms with van der Waals surface area (Å²) in [6.07, 6.45) is 0. The van der Waals surface area contributed by atoms with Crippen LogP contribution in [0.1, 0.15) is 18.3 Å². The first-order valence-corrected chi connectivity index (χ1v) is 7.07. The van der Waals surface area contributed by atoms with E-state index in [0.29, 0.717) is 11.0 Å². The van der Waals surface area contributed by atoms with Gasteiger partial charge in [0.25, 0.3) is 0 Å². The average Bonchev–Trinajstić information content (AvgIpc) is 2.73. The van der Waals surface area contributed by atoms with Crippen molar-refractivity contribution in [3.63, 3.8) is 0 Å². The lowest BCUT2D eigenvalue weighted by atomic mass is 10.2. The third-order valence-corrected chi connectivity index (χ3v) is 3.95. The fraction of sp³-hybridized carbons (Fsp3) is 0.308. The van der Waals surface area contributed by atoms with E-state index in [1.807, 2.05) is 38.1 Å². The van der Waals surface area contributed by atoms with E-state index in [1.54, 1.807) is 6.92 Å². The number of nitrogens with two attached hydrogens (primary N) is 1. The van der Waals surface area contributed by atoms with Gasteiger partial charge in [0.2, 0.25) is 11.1 Å². The predicted octanol–water partition coefficient (Wildman–Crippen LogP) is 1.73. The number of thioether (sulfide) groups is 1. The van der Waals surface area contributed by atoms with Gasteiger partial charge in [0.05, 0.1) is 5.25 Å². The molecule has 0 fully saturated rings. The molecule has 0 saturated heterocycles. The number of hydrogen-bond donors (Lipinski definition) is 2. The number of nitrogens with zero attached hydrogens (tertiary/aromatic N) is 3. The van der Waals surface area contributed by atoms with Crippen molar-refractivity contribution >= 4 is 23.4 Å². The van der Waals surface area contributed by atoms with E-state index in [0.717, 1.165) is 11.3 Å². The third kappa shape index (κ3) is 3.11. The molecule has 0 aliphatic rings. The summed E-state index contributed by atoms with van der Waals surface area (Å²) < 4.78 is 1.38. The van der Waals surface area contributed by atoms with Gasteiger partial charge in [0, 0.05) is 5.69 Å². The number of carbonyl (C=O) groups excluding carboxylic acids is 1. The highest BCUT2D eigenvalue weighted by Crippen LogP contribution is 2.22. The fourth-order valence-corrected chi connectivity index (χ4v) is 2.41. The zero-order valence-electron chi connectivity index (χ0n) is 11.6. The Bertz CT molecular complexity index is 625. The van der Waals surface area contributed by atoms with E-state index in [2.05, 4.69) is 15.5 Å². The summed E-state index contributed by atoms with van der Waals surface area (Å²) in [4.78, 5) is 12.2. The third-order valence-electron chi connectivity index (χ3n) is 2.89. The van der Waals surface area contributed by atoms with Crippen LogP contribution in [0.5, 0.6) is 0 Å². The Morgan fingerprint density at radius 3 is 2.65 bits per heavy atom. The maximum atomic E-state index is 12.2. The molecule has 6 nitrogen and oxygen atoms in total. The minimum atomic E-state index is -0.319. The van der Waals surface area contributed by atoms with Crippen molar-refractivity contribution in [3.05, 3.63) is 35.7 Å². The maximum absolute atomic E-state index is 12.2. The molecule has 0 bridgehead atoms. The van der Waals surface area contributed by atoms with Crippen molar-refractivity contribution < 1.29 is 4.79 Å². The monoisotopic (exact) mass is 291 g/mol. The molecule has 1 atom stereocenters. The summed E-state index contributed by atoms with van der Waals surface area (Å²) in [5.41, 5.74) is 1.84. The maximum Gasteiger partial charge on any atom is 0.237 e. The number of benzene rings is 1. The van der Waals surface area contributed by atoms with Gasteiger partial charge in [-0.2, -0.15) is 0 Å². The first-order chi connectivity index (χ1) is 9.49. The van der Waals surface area contributed by atoms with Gasteiger partial charge >= 0.3 is 0 Å². The second-order valence-electron chi connectivity index (χ2n) is 4.46. The smallest absolute Gasteiger partial charge is 0.237 e. The molecule has 1 aromatic heterocycles. The number of aryl methyl sites for hydroxylation is 2. The Kier molecular flexibility index (Phi) is 4.29. The van der Waals surface area contributed by atoms with Crippen molar-refractivity contribution in [1.29, 1.82) is 0 Å². The van der Waals surface area contributed by atoms with Gasteiger partial charge in [-0.25, -0.2) is 4.68 Å². The molecule has 0 aliphatic carbocycles. The standard InChI is InChI=1S/C13H17N5OS/c1-8-6-4-5-7-11(8)15-12(19)9(2)20-13-17-16-10(3)18(13)14/h4-7,9H,14H2,1-3H3,(H,15,19)/t9-/m0/s1. The second kappa shape index (κ2) is 5.96. The van der Waals surface area contributed by atoms with E-state index in [1.165, 1.54) is 16.4 Å². The molecule has 7 heteroatoms. The van der Waals surface area contributed by atoms with Gasteiger partial charge in [0.15, 0.2) is 0 Å². The number of aromatic nitrogens is 3. The van der Waals surface area contributed by atoms with Gasteiger partial charge in [-0.05, 0) is 32.4 Å². The number of para-hydroxylation sites is 1. The van der Waals surface area contributed by atoms with E-state index in [9.17, 15) is 4.79 Å². The van der Waals surface area contributed by atoms with Crippen LogP contribution in [0.15, 0.2) is 29.4 Å². The summed E-state index contributed by atoms with van der Waals surface area (Å²) in [7, 11) is 0. The summed E-state index contributed by atoms with van der Waals surface area (Å²) in [6, 6.07) is 7.65. The molecule has 1 amide bonds. The van der Waals surface area contributed by atoms with E-state index < -0.39 is 0 Å². The zero-order valence-corrected chi connectivity index (χ0v) is 12.4. The highest BCUT2D eigenvalue weighted by Gasteiger charge is 2.18. The highest BCUT2D eigenvalue weighted by molar-refractivity contribution is 8.00. The number of carbonyl (C=O) groups is 1. The van der Waals surface area contributed by atoms with E-state index >= 15 is 0 Å². The van der Waals surface area contributed by atoms with Crippen LogP contribution in [0.25, 0.3) is 0 Å². The van der Waals surface area contributed by atoms with Crippen molar-refractivity contribution in [1.82, 2.24) is 14.9 Å². The number of hydrogen-bond acceptors (Lipinski definition) is 5. The molecule has 2 aromatic rings. The number of amides is 1. The Labute approximate surface area is 121 Å². The SMILES string of the molecule is Cc1ccccc1NC(=O)[C@H](C)Sc1nnc(C)n1N. The fourth-order valence-electron chi connectivity index (χ4n) is 1.59. The second-order valence-corrected chi connectivity index (χ2v) is 5.77. The molecule has 1 heterocycles. The van der Waals surface area contributed by atoms with Gasteiger partial charge in [-0.3, -0.25) is 4.79 Å². The van der Waals surface area contributed by atoms with Gasteiger partial charge < -0.3 is 11.2 Å². The van der Waals surface area contributed by atoms with Gasteiger partial charge in [0.1, 0.15) is 5.82 Å². The molecule has 106 valence electrons. The van der Waals surface area contributed by atoms with Crippen LogP contribution in [0.3, 0.4) is 0 Å². The largest absolute Gasteiger partial charge is 0.336 e. The molecule has 2 rings (SSSR count). The Hall–Kier alpha value is -2.02. The molecular formula is C13H17N5OS. The van der Waals surface area contributed by atoms with Crippen LogP contribution in [0, 0.1) is 13.8 Å². The van der Waals surface area contributed by atoms with Crippen LogP contribution < -0.4 is 11.2 Å². The molecular weight excluding hydrogens is 274 g/mol. The molecule has 0 unspecified atom stereocenters. The zero-order chi connectivity index (χ0) is 14.7. The Morgan fingerprint density at radius 1 is 1.35 bits per heavy atom. The lowest BCUT2D eigenvalue weighted by Gasteiger charge is -2.12. The predicted molar refractivity (Wildman–Crippen MR) is 80.0 cm³/mol. The molecule has 20 heavy (non-hydrogen) atoms. The average molecular weight is 291 g/mol. The highest BCUT2D eigenvalue weighted by atomic mass is 32.2. The molecule has 1 aromatic carbocycles. The van der Waals surface area contributed by atoms with Gasteiger partial charge in [-0.1, -0.05) is 30.0 Å². The normalized spacial score (nSPS) is 12.2. The number of nitrogen functional groups attached to an aromatic ring is 1. The molecule has 0 aliphatic heterocycles. The number of nitrogens with one attached hydrogen (secondary N) is 1. The van der Waals surface area contributed by atoms with Crippen LogP contribution >= 0.6 is 11.8 Å². The molecule has 0 radical (unpaired) electrons. The van der Waals surface area contributed by atoms with Crippen molar-refractivity contribution in [3.8, 4) is 0 Å². The van der Waals surface area contributed by atoms with E-state index in [4.69, 9.17) is 5.84 Å². The number of anilines is 1. The minimum absolute atomic E-state index is 0.0926. The summed E-state index contributed by atoms with van der Waals surface area (Å²) in [5.74, 6) is 6.28. The lowest BCUT2D eigenvalue weighted by Crippen LogP contribution is -2.24. The van der Waals surface area contributed by atoms with Crippen molar-refractivity contribution in [2.45, 2.75) is 31.2 Å². The lowest BCUT2D eigenvalue weighted by molar-refractivity contribution is -0.115. The van der Waals surface area contributed by atoms with Crippen molar-refractivity contribution in [2.24, 2.45) is 0 Å².